The Bertz CT molecular complexity index is 136. The van der Waals surface area contributed by atoms with Gasteiger partial charge in [0.25, 0.3) is 0 Å². The third-order valence-corrected chi connectivity index (χ3v) is 1.81. The van der Waals surface area contributed by atoms with Crippen molar-refractivity contribution in [1.29, 1.82) is 0 Å². The molecule has 11 heavy (non-hydrogen) atoms. The van der Waals surface area contributed by atoms with Crippen molar-refractivity contribution in [1.82, 2.24) is 0 Å². The van der Waals surface area contributed by atoms with Crippen molar-refractivity contribution in [3.05, 3.63) is 6.92 Å². The van der Waals surface area contributed by atoms with Gasteiger partial charge in [-0.2, -0.15) is 0 Å². The highest BCUT2D eigenvalue weighted by Crippen LogP contribution is 2.22. The number of rotatable bonds is 1. The van der Waals surface area contributed by atoms with Crippen LogP contribution in [0.5, 0.6) is 0 Å². The van der Waals surface area contributed by atoms with Crippen molar-refractivity contribution in [3.8, 4) is 0 Å². The molecule has 2 radical (unpaired) electrons. The van der Waals surface area contributed by atoms with E-state index in [0.29, 0.717) is 0 Å². The quantitative estimate of drug-likeness (QED) is 0.439. The summed E-state index contributed by atoms with van der Waals surface area (Å²) < 4.78 is 4.88. The third kappa shape index (κ3) is 1.54. The molecule has 0 aliphatic carbocycles. The van der Waals surface area contributed by atoms with Gasteiger partial charge in [0, 0.05) is 0 Å². The van der Waals surface area contributed by atoms with Gasteiger partial charge in [-0.25, -0.2) is 0 Å². The summed E-state index contributed by atoms with van der Waals surface area (Å²) in [5.74, 6) is 0. The molecule has 0 saturated carbocycles. The SMILES string of the molecule is [CH][C@@H]1O[C@@H]([C@@H](C)O)[C@H](O)C1O. The largest absolute Gasteiger partial charge is 0.391 e. The zero-order valence-corrected chi connectivity index (χ0v) is 6.21. The molecular weight excluding hydrogens is 148 g/mol. The van der Waals surface area contributed by atoms with Gasteiger partial charge in [-0.1, -0.05) is 0 Å². The Morgan fingerprint density at radius 2 is 1.91 bits per heavy atom. The fourth-order valence-electron chi connectivity index (χ4n) is 1.13. The van der Waals surface area contributed by atoms with Gasteiger partial charge in [-0.3, -0.25) is 0 Å². The second kappa shape index (κ2) is 3.06. The summed E-state index contributed by atoms with van der Waals surface area (Å²) in [6.07, 6.45) is -4.70. The smallest absolute Gasteiger partial charge is 0.112 e. The van der Waals surface area contributed by atoms with E-state index in [1.807, 2.05) is 0 Å². The molecule has 1 saturated heterocycles. The lowest BCUT2D eigenvalue weighted by molar-refractivity contribution is -0.0508. The van der Waals surface area contributed by atoms with E-state index in [2.05, 4.69) is 0 Å². The Labute approximate surface area is 65.4 Å². The molecule has 0 spiro atoms. The summed E-state index contributed by atoms with van der Waals surface area (Å²) in [5.41, 5.74) is 0. The molecule has 1 heterocycles. The summed E-state index contributed by atoms with van der Waals surface area (Å²) in [4.78, 5) is 0. The third-order valence-electron chi connectivity index (χ3n) is 1.81. The highest BCUT2D eigenvalue weighted by Gasteiger charge is 2.42. The van der Waals surface area contributed by atoms with Crippen LogP contribution in [0.25, 0.3) is 0 Å². The predicted molar refractivity (Wildman–Crippen MR) is 36.7 cm³/mol. The average Bonchev–Trinajstić information content (AvgIpc) is 2.17. The number of aliphatic hydroxyl groups excluding tert-OH is 3. The summed E-state index contributed by atoms with van der Waals surface area (Å²) in [6, 6.07) is 0. The van der Waals surface area contributed by atoms with Crippen LogP contribution < -0.4 is 0 Å². The zero-order valence-electron chi connectivity index (χ0n) is 6.21. The number of aliphatic hydroxyl groups is 3. The summed E-state index contributed by atoms with van der Waals surface area (Å²) in [7, 11) is 0. The second-order valence-corrected chi connectivity index (χ2v) is 2.79. The van der Waals surface area contributed by atoms with Crippen LogP contribution in [0.4, 0.5) is 0 Å². The molecule has 0 bridgehead atoms. The van der Waals surface area contributed by atoms with Crippen molar-refractivity contribution < 1.29 is 20.1 Å². The molecule has 4 nitrogen and oxygen atoms in total. The molecule has 1 aliphatic rings. The first-order valence-electron chi connectivity index (χ1n) is 3.49. The first-order chi connectivity index (χ1) is 5.04. The fraction of sp³-hybridized carbons (Fsp3) is 0.857. The van der Waals surface area contributed by atoms with Crippen LogP contribution in [-0.2, 0) is 4.74 Å². The maximum Gasteiger partial charge on any atom is 0.112 e. The Hall–Kier alpha value is -0.160. The summed E-state index contributed by atoms with van der Waals surface area (Å²) in [5, 5.41) is 27.3. The molecule has 1 rings (SSSR count). The van der Waals surface area contributed by atoms with E-state index >= 15 is 0 Å². The summed E-state index contributed by atoms with van der Waals surface area (Å²) >= 11 is 0. The average molecular weight is 160 g/mol. The van der Waals surface area contributed by atoms with Gasteiger partial charge in [0.15, 0.2) is 0 Å². The highest BCUT2D eigenvalue weighted by molar-refractivity contribution is 4.93. The molecule has 3 N–H and O–H groups in total. The van der Waals surface area contributed by atoms with E-state index in [0.717, 1.165) is 0 Å². The molecule has 0 aromatic heterocycles. The number of ether oxygens (including phenoxy) is 1. The van der Waals surface area contributed by atoms with Crippen LogP contribution in [0.3, 0.4) is 0 Å². The number of hydrogen-bond acceptors (Lipinski definition) is 4. The van der Waals surface area contributed by atoms with Gasteiger partial charge in [-0.05, 0) is 13.8 Å². The molecule has 0 aromatic rings. The molecule has 1 unspecified atom stereocenters. The molecule has 64 valence electrons. The lowest BCUT2D eigenvalue weighted by Crippen LogP contribution is -2.37. The predicted octanol–water partition coefficient (Wildman–Crippen LogP) is -1.43. The van der Waals surface area contributed by atoms with Crippen LogP contribution in [0.1, 0.15) is 6.92 Å². The van der Waals surface area contributed by atoms with Crippen LogP contribution in [0, 0.1) is 6.92 Å². The van der Waals surface area contributed by atoms with Gasteiger partial charge >= 0.3 is 0 Å². The van der Waals surface area contributed by atoms with E-state index in [-0.39, 0.29) is 0 Å². The minimum Gasteiger partial charge on any atom is -0.391 e. The van der Waals surface area contributed by atoms with Gasteiger partial charge in [0.2, 0.25) is 0 Å². The van der Waals surface area contributed by atoms with Crippen LogP contribution >= 0.6 is 0 Å². The fourth-order valence-corrected chi connectivity index (χ4v) is 1.13. The molecule has 4 heteroatoms. The van der Waals surface area contributed by atoms with Crippen LogP contribution in [-0.4, -0.2) is 45.8 Å². The lowest BCUT2D eigenvalue weighted by Gasteiger charge is -2.16. The van der Waals surface area contributed by atoms with Crippen LogP contribution in [0.15, 0.2) is 0 Å². The number of hydrogen-bond donors (Lipinski definition) is 3. The van der Waals surface area contributed by atoms with Gasteiger partial charge in [0.05, 0.1) is 12.2 Å². The van der Waals surface area contributed by atoms with Gasteiger partial charge in [0.1, 0.15) is 18.3 Å². The van der Waals surface area contributed by atoms with Crippen LogP contribution in [0.2, 0.25) is 0 Å². The van der Waals surface area contributed by atoms with Gasteiger partial charge in [-0.15, -0.1) is 0 Å². The molecule has 1 aliphatic heterocycles. The van der Waals surface area contributed by atoms with Gasteiger partial charge < -0.3 is 20.1 Å². The van der Waals surface area contributed by atoms with E-state index in [9.17, 15) is 5.11 Å². The van der Waals surface area contributed by atoms with Crippen molar-refractivity contribution >= 4 is 0 Å². The van der Waals surface area contributed by atoms with E-state index in [4.69, 9.17) is 21.9 Å². The normalized spacial score (nSPS) is 47.7. The minimum atomic E-state index is -1.10. The van der Waals surface area contributed by atoms with Crippen molar-refractivity contribution in [2.45, 2.75) is 37.4 Å². The standard InChI is InChI=1S/C7H12O4/c1-3(8)7-6(10)5(9)4(2)11-7/h2-10H,1H3/t3-,4+,5?,6-,7+/m1/s1. The topological polar surface area (TPSA) is 69.9 Å². The molecule has 5 atom stereocenters. The Balaban J connectivity index is 2.59. The first kappa shape index (κ1) is 8.93. The minimum absolute atomic E-state index is 0.778. The van der Waals surface area contributed by atoms with E-state index < -0.39 is 30.5 Å². The van der Waals surface area contributed by atoms with Crippen molar-refractivity contribution in [2.24, 2.45) is 0 Å². The Morgan fingerprint density at radius 3 is 2.09 bits per heavy atom. The highest BCUT2D eigenvalue weighted by atomic mass is 16.6. The summed E-state index contributed by atoms with van der Waals surface area (Å²) in [6.45, 7) is 6.72. The second-order valence-electron chi connectivity index (χ2n) is 2.79. The molecule has 1 fully saturated rings. The van der Waals surface area contributed by atoms with E-state index in [1.165, 1.54) is 6.92 Å². The first-order valence-corrected chi connectivity index (χ1v) is 3.49. The maximum atomic E-state index is 9.18. The monoisotopic (exact) mass is 160 g/mol. The maximum absolute atomic E-state index is 9.18. The Kier molecular flexibility index (Phi) is 2.49. The van der Waals surface area contributed by atoms with Crippen molar-refractivity contribution in [2.75, 3.05) is 0 Å². The zero-order chi connectivity index (χ0) is 8.59. The molecule has 0 aromatic carbocycles. The molecule has 0 amide bonds. The van der Waals surface area contributed by atoms with Crippen molar-refractivity contribution in [3.63, 3.8) is 0 Å². The lowest BCUT2D eigenvalue weighted by atomic mass is 10.1. The Morgan fingerprint density at radius 1 is 1.36 bits per heavy atom. The van der Waals surface area contributed by atoms with E-state index in [1.54, 1.807) is 0 Å². The molecular formula is C7H12O4.